The topological polar surface area (TPSA) is 36.9 Å². The summed E-state index contributed by atoms with van der Waals surface area (Å²) in [5, 5.41) is 0. The van der Waals surface area contributed by atoms with Crippen molar-refractivity contribution in [2.24, 2.45) is 5.92 Å². The fourth-order valence-corrected chi connectivity index (χ4v) is 4.76. The Bertz CT molecular complexity index is 993. The van der Waals surface area contributed by atoms with Gasteiger partial charge in [-0.15, -0.1) is 0 Å². The summed E-state index contributed by atoms with van der Waals surface area (Å²) in [7, 11) is 3.34. The molecular formula is C29H34O4. The molecule has 174 valence electrons. The molecule has 0 radical (unpaired) electrons. The lowest BCUT2D eigenvalue weighted by molar-refractivity contribution is -0.191. The van der Waals surface area contributed by atoms with E-state index in [0.29, 0.717) is 11.5 Å². The first-order valence-corrected chi connectivity index (χ1v) is 11.9. The summed E-state index contributed by atoms with van der Waals surface area (Å²) in [5.41, 5.74) is 2.12. The Kier molecular flexibility index (Phi) is 7.24. The second-order valence-corrected chi connectivity index (χ2v) is 8.53. The molecule has 0 N–H and O–H groups in total. The van der Waals surface area contributed by atoms with Gasteiger partial charge in [-0.2, -0.15) is 0 Å². The summed E-state index contributed by atoms with van der Waals surface area (Å²) < 4.78 is 25.1. The average molecular weight is 447 g/mol. The van der Waals surface area contributed by atoms with E-state index in [4.69, 9.17) is 18.9 Å². The number of methoxy groups -OCH3 is 2. The van der Waals surface area contributed by atoms with Crippen LogP contribution in [0.2, 0.25) is 0 Å². The van der Waals surface area contributed by atoms with Crippen LogP contribution >= 0.6 is 0 Å². The molecule has 0 aromatic heterocycles. The maximum Gasteiger partial charge on any atom is 0.204 e. The van der Waals surface area contributed by atoms with E-state index in [1.807, 2.05) is 24.3 Å². The van der Waals surface area contributed by atoms with Gasteiger partial charge in [0.15, 0.2) is 17.1 Å². The van der Waals surface area contributed by atoms with Crippen molar-refractivity contribution in [3.63, 3.8) is 0 Å². The first kappa shape index (κ1) is 23.2. The highest BCUT2D eigenvalue weighted by atomic mass is 16.7. The second-order valence-electron chi connectivity index (χ2n) is 8.53. The first-order chi connectivity index (χ1) is 16.2. The molecule has 33 heavy (non-hydrogen) atoms. The van der Waals surface area contributed by atoms with Gasteiger partial charge in [-0.1, -0.05) is 87.4 Å². The summed E-state index contributed by atoms with van der Waals surface area (Å²) in [6.45, 7) is 4.43. The van der Waals surface area contributed by atoms with Crippen LogP contribution in [0.1, 0.15) is 56.2 Å². The van der Waals surface area contributed by atoms with Crippen molar-refractivity contribution in [2.45, 2.75) is 51.4 Å². The van der Waals surface area contributed by atoms with Crippen molar-refractivity contribution in [3.05, 3.63) is 89.5 Å². The van der Waals surface area contributed by atoms with Crippen LogP contribution in [0.15, 0.2) is 72.8 Å². The Morgan fingerprint density at radius 1 is 0.879 bits per heavy atom. The van der Waals surface area contributed by atoms with Crippen molar-refractivity contribution in [1.29, 1.82) is 0 Å². The smallest absolute Gasteiger partial charge is 0.204 e. The van der Waals surface area contributed by atoms with Crippen molar-refractivity contribution in [3.8, 4) is 17.2 Å². The Hall–Kier alpha value is -2.98. The van der Waals surface area contributed by atoms with E-state index in [1.165, 1.54) is 0 Å². The number of rotatable bonds is 9. The summed E-state index contributed by atoms with van der Waals surface area (Å²) in [4.78, 5) is 0. The number of benzene rings is 3. The van der Waals surface area contributed by atoms with Crippen molar-refractivity contribution >= 4 is 0 Å². The highest BCUT2D eigenvalue weighted by Gasteiger charge is 2.48. The number of fused-ring (bicyclic) bond motifs is 1. The molecule has 3 aromatic rings. The van der Waals surface area contributed by atoms with Gasteiger partial charge in [0.1, 0.15) is 5.75 Å². The molecule has 2 atom stereocenters. The van der Waals surface area contributed by atoms with Crippen LogP contribution in [0, 0.1) is 5.92 Å². The van der Waals surface area contributed by atoms with Crippen LogP contribution < -0.4 is 14.2 Å². The van der Waals surface area contributed by atoms with Gasteiger partial charge in [0.25, 0.3) is 0 Å². The fraction of sp³-hybridized carbons (Fsp3) is 0.379. The molecule has 0 bridgehead atoms. The molecule has 0 amide bonds. The third kappa shape index (κ3) is 4.32. The molecule has 0 aliphatic carbocycles. The van der Waals surface area contributed by atoms with Gasteiger partial charge >= 0.3 is 0 Å². The highest BCUT2D eigenvalue weighted by Crippen LogP contribution is 2.53. The van der Waals surface area contributed by atoms with Gasteiger partial charge in [-0.05, 0) is 30.0 Å². The van der Waals surface area contributed by atoms with Crippen LogP contribution in [0.4, 0.5) is 0 Å². The number of hydrogen-bond donors (Lipinski definition) is 0. The predicted molar refractivity (Wildman–Crippen MR) is 131 cm³/mol. The Labute approximate surface area is 197 Å². The normalized spacial score (nSPS) is 17.5. The first-order valence-electron chi connectivity index (χ1n) is 11.9. The lowest BCUT2D eigenvalue weighted by Gasteiger charge is -2.45. The minimum atomic E-state index is -0.859. The molecule has 4 heteroatoms. The van der Waals surface area contributed by atoms with Crippen LogP contribution in [0.3, 0.4) is 0 Å². The largest absolute Gasteiger partial charge is 0.497 e. The minimum Gasteiger partial charge on any atom is -0.497 e. The van der Waals surface area contributed by atoms with Crippen molar-refractivity contribution in [2.75, 3.05) is 14.2 Å². The van der Waals surface area contributed by atoms with E-state index in [0.717, 1.165) is 48.1 Å². The van der Waals surface area contributed by atoms with E-state index < -0.39 is 11.9 Å². The highest BCUT2D eigenvalue weighted by molar-refractivity contribution is 5.61. The molecule has 4 nitrogen and oxygen atoms in total. The molecule has 0 saturated heterocycles. The van der Waals surface area contributed by atoms with Gasteiger partial charge < -0.3 is 18.9 Å². The van der Waals surface area contributed by atoms with E-state index in [1.54, 1.807) is 14.2 Å². The van der Waals surface area contributed by atoms with Crippen LogP contribution in [0.25, 0.3) is 0 Å². The molecule has 0 spiro atoms. The molecule has 1 heterocycles. The lowest BCUT2D eigenvalue weighted by Crippen LogP contribution is -2.46. The molecule has 2 unspecified atom stereocenters. The quantitative estimate of drug-likeness (QED) is 0.356. The zero-order valence-electron chi connectivity index (χ0n) is 20.0. The summed E-state index contributed by atoms with van der Waals surface area (Å²) in [6, 6.07) is 24.7. The van der Waals surface area contributed by atoms with Crippen LogP contribution in [-0.2, 0) is 10.3 Å². The number of unbranched alkanes of at least 4 members (excludes halogenated alkanes) is 1. The van der Waals surface area contributed by atoms with Crippen molar-refractivity contribution < 1.29 is 18.9 Å². The SMILES string of the molecule is CCCCC(CC)C1Oc2c(OC)cc(OC)cc2C(c2ccccc2)(c2ccccc2)O1. The summed E-state index contributed by atoms with van der Waals surface area (Å²) in [6.07, 6.45) is 3.89. The maximum atomic E-state index is 7.09. The summed E-state index contributed by atoms with van der Waals surface area (Å²) >= 11 is 0. The van der Waals surface area contributed by atoms with E-state index in [9.17, 15) is 0 Å². The Morgan fingerprint density at radius 2 is 1.52 bits per heavy atom. The van der Waals surface area contributed by atoms with E-state index in [-0.39, 0.29) is 5.92 Å². The maximum absolute atomic E-state index is 7.09. The average Bonchev–Trinajstić information content (AvgIpc) is 2.89. The van der Waals surface area contributed by atoms with E-state index in [2.05, 4.69) is 62.4 Å². The molecule has 4 rings (SSSR count). The zero-order chi connectivity index (χ0) is 23.3. The lowest BCUT2D eigenvalue weighted by atomic mass is 9.78. The minimum absolute atomic E-state index is 0.261. The van der Waals surface area contributed by atoms with Crippen LogP contribution in [-0.4, -0.2) is 20.5 Å². The Morgan fingerprint density at radius 3 is 2.03 bits per heavy atom. The van der Waals surface area contributed by atoms with Crippen molar-refractivity contribution in [1.82, 2.24) is 0 Å². The molecule has 1 aliphatic rings. The molecule has 0 saturated carbocycles. The van der Waals surface area contributed by atoms with E-state index >= 15 is 0 Å². The zero-order valence-corrected chi connectivity index (χ0v) is 20.0. The molecule has 3 aromatic carbocycles. The Balaban J connectivity index is 2.01. The molecular weight excluding hydrogens is 412 g/mol. The number of ether oxygens (including phenoxy) is 4. The predicted octanol–water partition coefficient (Wildman–Crippen LogP) is 6.95. The van der Waals surface area contributed by atoms with Gasteiger partial charge in [0.05, 0.1) is 14.2 Å². The van der Waals surface area contributed by atoms with Gasteiger partial charge in [-0.25, -0.2) is 0 Å². The van der Waals surface area contributed by atoms with Crippen LogP contribution in [0.5, 0.6) is 17.2 Å². The van der Waals surface area contributed by atoms with Gasteiger partial charge in [-0.3, -0.25) is 0 Å². The third-order valence-electron chi connectivity index (χ3n) is 6.59. The monoisotopic (exact) mass is 446 g/mol. The second kappa shape index (κ2) is 10.3. The molecule has 1 aliphatic heterocycles. The third-order valence-corrected chi connectivity index (χ3v) is 6.59. The number of hydrogen-bond acceptors (Lipinski definition) is 4. The summed E-state index contributed by atoms with van der Waals surface area (Å²) in [5.74, 6) is 2.33. The molecule has 0 fully saturated rings. The fourth-order valence-electron chi connectivity index (χ4n) is 4.76. The van der Waals surface area contributed by atoms with Gasteiger partial charge in [0, 0.05) is 17.5 Å². The van der Waals surface area contributed by atoms with Gasteiger partial charge in [0.2, 0.25) is 6.29 Å². The standard InChI is InChI=1S/C29H34O4/c1-5-7-14-21(6-2)28-32-27-25(19-24(30-3)20-26(27)31-4)29(33-28,22-15-10-8-11-16-22)23-17-12-9-13-18-23/h8-13,15-21,28H,5-7,14H2,1-4H3.